The molecule has 3 rings (SSSR count). The molecule has 1 aliphatic heterocycles. The summed E-state index contributed by atoms with van der Waals surface area (Å²) >= 11 is 4.73. The highest BCUT2D eigenvalue weighted by Gasteiger charge is 2.23. The van der Waals surface area contributed by atoms with E-state index in [1.165, 1.54) is 11.8 Å². The van der Waals surface area contributed by atoms with Crippen LogP contribution in [0.25, 0.3) is 6.08 Å². The lowest BCUT2D eigenvalue weighted by molar-refractivity contribution is -0.115. The van der Waals surface area contributed by atoms with Crippen LogP contribution in [0.15, 0.2) is 75.6 Å². The summed E-state index contributed by atoms with van der Waals surface area (Å²) in [6, 6.07) is 15.1. The van der Waals surface area contributed by atoms with E-state index in [-0.39, 0.29) is 5.91 Å². The minimum absolute atomic E-state index is 0.147. The van der Waals surface area contributed by atoms with Crippen LogP contribution in [-0.2, 0) is 4.79 Å². The number of halogens is 1. The molecule has 1 heterocycles. The third-order valence-corrected chi connectivity index (χ3v) is 4.64. The van der Waals surface area contributed by atoms with Crippen LogP contribution in [0.3, 0.4) is 0 Å². The van der Waals surface area contributed by atoms with Crippen molar-refractivity contribution in [3.8, 4) is 5.75 Å². The van der Waals surface area contributed by atoms with Gasteiger partial charge < -0.3 is 10.1 Å². The first kappa shape index (κ1) is 17.5. The minimum atomic E-state index is -0.147. The van der Waals surface area contributed by atoms with Gasteiger partial charge in [0.05, 0.1) is 10.6 Å². The minimum Gasteiger partial charge on any atom is -0.490 e. The summed E-state index contributed by atoms with van der Waals surface area (Å²) in [6.45, 7) is 4.08. The zero-order valence-corrected chi connectivity index (χ0v) is 15.6. The average Bonchev–Trinajstić information content (AvgIpc) is 2.93. The highest BCUT2D eigenvalue weighted by molar-refractivity contribution is 9.10. The summed E-state index contributed by atoms with van der Waals surface area (Å²) in [5, 5.41) is 3.36. The fourth-order valence-corrected chi connectivity index (χ4v) is 3.34. The molecule has 0 aromatic heterocycles. The Hall–Kier alpha value is -2.31. The van der Waals surface area contributed by atoms with Crippen molar-refractivity contribution in [3.05, 3.63) is 76.1 Å². The first-order valence-corrected chi connectivity index (χ1v) is 9.14. The number of rotatable bonds is 5. The van der Waals surface area contributed by atoms with Crippen molar-refractivity contribution < 1.29 is 9.53 Å². The summed E-state index contributed by atoms with van der Waals surface area (Å²) in [6.07, 6.45) is 3.53. The zero-order chi connectivity index (χ0) is 17.6. The molecule has 25 heavy (non-hydrogen) atoms. The van der Waals surface area contributed by atoms with E-state index in [9.17, 15) is 4.79 Å². The van der Waals surface area contributed by atoms with E-state index >= 15 is 0 Å². The normalized spacial score (nSPS) is 16.9. The summed E-state index contributed by atoms with van der Waals surface area (Å²) in [5.41, 5.74) is 1.70. The number of hydrogen-bond donors (Lipinski definition) is 1. The van der Waals surface area contributed by atoms with Gasteiger partial charge in [0.2, 0.25) is 0 Å². The van der Waals surface area contributed by atoms with Gasteiger partial charge in [0.15, 0.2) is 5.17 Å². The first-order chi connectivity index (χ1) is 12.1. The maximum atomic E-state index is 12.1. The molecular formula is C19H15BrN2O2S. The van der Waals surface area contributed by atoms with E-state index in [1.807, 2.05) is 54.6 Å². The number of ether oxygens (including phenoxy) is 1. The van der Waals surface area contributed by atoms with E-state index in [0.29, 0.717) is 16.7 Å². The van der Waals surface area contributed by atoms with Crippen molar-refractivity contribution in [2.24, 2.45) is 4.99 Å². The standard InChI is InChI=1S/C19H15BrN2O2S/c1-2-10-24-16-8-6-13(7-9-16)11-17-18(23)22-19(25-17)21-15-5-3-4-14(20)12-15/h2-9,11-12H,1,10H2,(H,21,22,23). The molecule has 0 spiro atoms. The molecule has 1 fully saturated rings. The maximum absolute atomic E-state index is 12.1. The number of nitrogens with zero attached hydrogens (tertiary/aromatic N) is 1. The van der Waals surface area contributed by atoms with Crippen molar-refractivity contribution in [1.82, 2.24) is 5.32 Å². The Morgan fingerprint density at radius 2 is 2.04 bits per heavy atom. The van der Waals surface area contributed by atoms with Crippen LogP contribution < -0.4 is 10.1 Å². The number of carbonyl (C=O) groups excluding carboxylic acids is 1. The molecule has 0 saturated carbocycles. The molecule has 1 aliphatic rings. The van der Waals surface area contributed by atoms with Gasteiger partial charge in [0.25, 0.3) is 5.91 Å². The molecule has 1 N–H and O–H groups in total. The number of amidine groups is 1. The van der Waals surface area contributed by atoms with Crippen molar-refractivity contribution in [2.75, 3.05) is 6.61 Å². The van der Waals surface area contributed by atoms with Crippen LogP contribution >= 0.6 is 27.7 Å². The second kappa shape index (κ2) is 8.18. The lowest BCUT2D eigenvalue weighted by Gasteiger charge is -2.03. The Morgan fingerprint density at radius 3 is 2.76 bits per heavy atom. The average molecular weight is 415 g/mol. The first-order valence-electron chi connectivity index (χ1n) is 7.53. The SMILES string of the molecule is C=CCOc1ccc(C=C2SC(=Nc3cccc(Br)c3)NC2=O)cc1. The monoisotopic (exact) mass is 414 g/mol. The largest absolute Gasteiger partial charge is 0.490 e. The molecule has 126 valence electrons. The Labute approximate surface area is 158 Å². The van der Waals surface area contributed by atoms with Gasteiger partial charge in [-0.05, 0) is 53.7 Å². The predicted octanol–water partition coefficient (Wildman–Crippen LogP) is 4.91. The predicted molar refractivity (Wildman–Crippen MR) is 107 cm³/mol. The van der Waals surface area contributed by atoms with Crippen molar-refractivity contribution in [1.29, 1.82) is 0 Å². The van der Waals surface area contributed by atoms with Gasteiger partial charge in [-0.25, -0.2) is 4.99 Å². The number of aliphatic imine (C=N–C) groups is 1. The van der Waals surface area contributed by atoms with Gasteiger partial charge in [0, 0.05) is 4.47 Å². The molecule has 1 amide bonds. The molecule has 0 radical (unpaired) electrons. The smallest absolute Gasteiger partial charge is 0.264 e. The molecule has 0 atom stereocenters. The molecular weight excluding hydrogens is 400 g/mol. The van der Waals surface area contributed by atoms with E-state index in [2.05, 4.69) is 32.8 Å². The molecule has 6 heteroatoms. The third kappa shape index (κ3) is 4.84. The number of nitrogens with one attached hydrogen (secondary N) is 1. The lowest BCUT2D eigenvalue weighted by Crippen LogP contribution is -2.19. The number of amides is 1. The highest BCUT2D eigenvalue weighted by atomic mass is 79.9. The van der Waals surface area contributed by atoms with E-state index in [1.54, 1.807) is 6.08 Å². The van der Waals surface area contributed by atoms with E-state index < -0.39 is 0 Å². The second-order valence-corrected chi connectivity index (χ2v) is 7.08. The maximum Gasteiger partial charge on any atom is 0.264 e. The Balaban J connectivity index is 1.73. The van der Waals surface area contributed by atoms with E-state index in [0.717, 1.165) is 21.5 Å². The zero-order valence-electron chi connectivity index (χ0n) is 13.2. The summed E-state index contributed by atoms with van der Waals surface area (Å²) in [4.78, 5) is 17.2. The van der Waals surface area contributed by atoms with Crippen LogP contribution in [0.4, 0.5) is 5.69 Å². The topological polar surface area (TPSA) is 50.7 Å². The van der Waals surface area contributed by atoms with Crippen LogP contribution in [0.2, 0.25) is 0 Å². The second-order valence-electron chi connectivity index (χ2n) is 5.13. The van der Waals surface area contributed by atoms with Crippen LogP contribution in [-0.4, -0.2) is 17.7 Å². The number of thioether (sulfide) groups is 1. The molecule has 0 aliphatic carbocycles. The Bertz CT molecular complexity index is 860. The summed E-state index contributed by atoms with van der Waals surface area (Å²) in [5.74, 6) is 0.619. The van der Waals surface area contributed by atoms with Gasteiger partial charge >= 0.3 is 0 Å². The van der Waals surface area contributed by atoms with Crippen molar-refractivity contribution >= 4 is 50.5 Å². The Kier molecular flexibility index (Phi) is 5.73. The quantitative estimate of drug-likeness (QED) is 0.558. The van der Waals surface area contributed by atoms with Gasteiger partial charge in [-0.15, -0.1) is 0 Å². The molecule has 2 aromatic carbocycles. The molecule has 0 unspecified atom stereocenters. The van der Waals surface area contributed by atoms with Crippen LogP contribution in [0.1, 0.15) is 5.56 Å². The van der Waals surface area contributed by atoms with Crippen molar-refractivity contribution in [2.45, 2.75) is 0 Å². The number of hydrogen-bond acceptors (Lipinski definition) is 4. The molecule has 1 saturated heterocycles. The molecule has 0 bridgehead atoms. The van der Waals surface area contributed by atoms with Crippen LogP contribution in [0.5, 0.6) is 5.75 Å². The van der Waals surface area contributed by atoms with Gasteiger partial charge in [0.1, 0.15) is 12.4 Å². The third-order valence-electron chi connectivity index (χ3n) is 3.24. The fraction of sp³-hybridized carbons (Fsp3) is 0.0526. The van der Waals surface area contributed by atoms with Crippen molar-refractivity contribution in [3.63, 3.8) is 0 Å². The van der Waals surface area contributed by atoms with Gasteiger partial charge in [-0.2, -0.15) is 0 Å². The van der Waals surface area contributed by atoms with Crippen LogP contribution in [0, 0.1) is 0 Å². The number of carbonyl (C=O) groups is 1. The number of benzene rings is 2. The molecule has 4 nitrogen and oxygen atoms in total. The van der Waals surface area contributed by atoms with Gasteiger partial charge in [-0.1, -0.05) is 46.8 Å². The highest BCUT2D eigenvalue weighted by Crippen LogP contribution is 2.29. The Morgan fingerprint density at radius 1 is 1.24 bits per heavy atom. The summed E-state index contributed by atoms with van der Waals surface area (Å²) < 4.78 is 6.39. The molecule has 2 aromatic rings. The lowest BCUT2D eigenvalue weighted by atomic mass is 10.2. The fourth-order valence-electron chi connectivity index (χ4n) is 2.11. The van der Waals surface area contributed by atoms with Gasteiger partial charge in [-0.3, -0.25) is 4.79 Å². The van der Waals surface area contributed by atoms with E-state index in [4.69, 9.17) is 4.74 Å². The summed E-state index contributed by atoms with van der Waals surface area (Å²) in [7, 11) is 0.